The van der Waals surface area contributed by atoms with Crippen LogP contribution in [0.5, 0.6) is 0 Å². The summed E-state index contributed by atoms with van der Waals surface area (Å²) in [6.07, 6.45) is 4.76. The number of thiazole rings is 1. The molecule has 1 unspecified atom stereocenters. The van der Waals surface area contributed by atoms with E-state index < -0.39 is 0 Å². The molecule has 2 aromatic rings. The van der Waals surface area contributed by atoms with Gasteiger partial charge in [0.25, 0.3) is 0 Å². The third-order valence-electron chi connectivity index (χ3n) is 4.87. The second-order valence-electron chi connectivity index (χ2n) is 6.76. The number of carbonyl (C=O) groups is 2. The van der Waals surface area contributed by atoms with Crippen molar-refractivity contribution < 1.29 is 9.59 Å². The van der Waals surface area contributed by atoms with Gasteiger partial charge < -0.3 is 10.2 Å². The topological polar surface area (TPSA) is 86.7 Å². The van der Waals surface area contributed by atoms with Crippen LogP contribution < -0.4 is 15.6 Å². The molecular formula is C19H21N5O2S. The van der Waals surface area contributed by atoms with E-state index in [0.717, 1.165) is 41.5 Å². The van der Waals surface area contributed by atoms with Crippen LogP contribution >= 0.6 is 11.3 Å². The van der Waals surface area contributed by atoms with Crippen LogP contribution in [-0.4, -0.2) is 35.6 Å². The number of amides is 2. The maximum Gasteiger partial charge on any atom is 0.240 e. The first-order valence-electron chi connectivity index (χ1n) is 9.10. The molecule has 0 spiro atoms. The van der Waals surface area contributed by atoms with E-state index in [1.165, 1.54) is 0 Å². The molecular weight excluding hydrogens is 362 g/mol. The Bertz CT molecular complexity index is 847. The minimum atomic E-state index is -0.0538. The number of hydrazone groups is 1. The van der Waals surface area contributed by atoms with Crippen LogP contribution in [0.25, 0.3) is 0 Å². The normalized spacial score (nSPS) is 20.0. The molecule has 8 heteroatoms. The lowest BCUT2D eigenvalue weighted by molar-refractivity contribution is -0.121. The highest BCUT2D eigenvalue weighted by Gasteiger charge is 2.27. The van der Waals surface area contributed by atoms with Gasteiger partial charge in [0.15, 0.2) is 5.13 Å². The quantitative estimate of drug-likeness (QED) is 0.850. The maximum atomic E-state index is 12.7. The zero-order valence-electron chi connectivity index (χ0n) is 14.9. The predicted molar refractivity (Wildman–Crippen MR) is 106 cm³/mol. The number of hydrogen-bond acceptors (Lipinski definition) is 6. The van der Waals surface area contributed by atoms with E-state index in [4.69, 9.17) is 0 Å². The molecule has 2 aliphatic rings. The van der Waals surface area contributed by atoms with Gasteiger partial charge in [0.2, 0.25) is 11.8 Å². The molecule has 1 atom stereocenters. The van der Waals surface area contributed by atoms with Crippen LogP contribution in [-0.2, 0) is 9.59 Å². The van der Waals surface area contributed by atoms with Gasteiger partial charge in [-0.2, -0.15) is 5.10 Å². The second-order valence-corrected chi connectivity index (χ2v) is 7.63. The van der Waals surface area contributed by atoms with Gasteiger partial charge in [-0.05, 0) is 30.5 Å². The summed E-state index contributed by atoms with van der Waals surface area (Å²) in [4.78, 5) is 30.4. The van der Waals surface area contributed by atoms with E-state index in [1.807, 2.05) is 29.6 Å². The van der Waals surface area contributed by atoms with Crippen LogP contribution in [0.15, 0.2) is 40.9 Å². The highest BCUT2D eigenvalue weighted by atomic mass is 32.1. The number of hydrogen-bond donors (Lipinski definition) is 2. The van der Waals surface area contributed by atoms with Crippen LogP contribution in [0.2, 0.25) is 0 Å². The first-order valence-corrected chi connectivity index (χ1v) is 9.98. The fourth-order valence-corrected chi connectivity index (χ4v) is 4.09. The summed E-state index contributed by atoms with van der Waals surface area (Å²) in [7, 11) is 0. The molecule has 1 aromatic carbocycles. The predicted octanol–water partition coefficient (Wildman–Crippen LogP) is 2.61. The van der Waals surface area contributed by atoms with Crippen molar-refractivity contribution in [2.45, 2.75) is 25.7 Å². The SMILES string of the molecule is O=C1CCC(c2ccc(NC(=O)C3CCCN(c4nccs4)C3)cc2)=NN1. The first-order chi connectivity index (χ1) is 13.2. The van der Waals surface area contributed by atoms with E-state index >= 15 is 0 Å². The van der Waals surface area contributed by atoms with Crippen molar-refractivity contribution in [3.05, 3.63) is 41.4 Å². The fourth-order valence-electron chi connectivity index (χ4n) is 3.41. The smallest absolute Gasteiger partial charge is 0.240 e. The monoisotopic (exact) mass is 383 g/mol. The van der Waals surface area contributed by atoms with E-state index in [0.29, 0.717) is 19.4 Å². The largest absolute Gasteiger partial charge is 0.347 e. The Kier molecular flexibility index (Phi) is 5.15. The molecule has 7 nitrogen and oxygen atoms in total. The Morgan fingerprint density at radius 1 is 1.26 bits per heavy atom. The third kappa shape index (κ3) is 4.16. The molecule has 2 aliphatic heterocycles. The van der Waals surface area contributed by atoms with Crippen LogP contribution in [0.3, 0.4) is 0 Å². The van der Waals surface area contributed by atoms with Crippen LogP contribution in [0.4, 0.5) is 10.8 Å². The van der Waals surface area contributed by atoms with Gasteiger partial charge in [0.05, 0.1) is 11.6 Å². The average Bonchev–Trinajstić information content (AvgIpc) is 3.24. The minimum absolute atomic E-state index is 0.0414. The highest BCUT2D eigenvalue weighted by Crippen LogP contribution is 2.25. The van der Waals surface area contributed by atoms with Crippen molar-refractivity contribution in [1.82, 2.24) is 10.4 Å². The molecule has 3 heterocycles. The van der Waals surface area contributed by atoms with E-state index in [-0.39, 0.29) is 17.7 Å². The summed E-state index contributed by atoms with van der Waals surface area (Å²) >= 11 is 1.61. The molecule has 1 aromatic heterocycles. The summed E-state index contributed by atoms with van der Waals surface area (Å²) in [5.41, 5.74) is 5.10. The molecule has 0 aliphatic carbocycles. The van der Waals surface area contributed by atoms with Crippen molar-refractivity contribution in [2.24, 2.45) is 11.0 Å². The zero-order chi connectivity index (χ0) is 18.6. The second kappa shape index (κ2) is 7.87. The van der Waals surface area contributed by atoms with Crippen LogP contribution in [0.1, 0.15) is 31.2 Å². The molecule has 2 N–H and O–H groups in total. The van der Waals surface area contributed by atoms with E-state index in [1.54, 1.807) is 17.5 Å². The Balaban J connectivity index is 1.37. The first kappa shape index (κ1) is 17.7. The minimum Gasteiger partial charge on any atom is -0.347 e. The van der Waals surface area contributed by atoms with E-state index in [9.17, 15) is 9.59 Å². The number of carbonyl (C=O) groups excluding carboxylic acids is 2. The molecule has 27 heavy (non-hydrogen) atoms. The molecule has 1 fully saturated rings. The maximum absolute atomic E-state index is 12.7. The summed E-state index contributed by atoms with van der Waals surface area (Å²) in [6.45, 7) is 1.65. The van der Waals surface area contributed by atoms with Crippen molar-refractivity contribution in [1.29, 1.82) is 0 Å². The third-order valence-corrected chi connectivity index (χ3v) is 5.70. The number of aromatic nitrogens is 1. The summed E-state index contributed by atoms with van der Waals surface area (Å²) in [5, 5.41) is 10.1. The molecule has 0 bridgehead atoms. The van der Waals surface area contributed by atoms with E-state index in [2.05, 4.69) is 25.7 Å². The lowest BCUT2D eigenvalue weighted by Crippen LogP contribution is -2.40. The van der Waals surface area contributed by atoms with Gasteiger partial charge in [-0.3, -0.25) is 9.59 Å². The summed E-state index contributed by atoms with van der Waals surface area (Å²) in [5.74, 6) is -0.0477. The van der Waals surface area contributed by atoms with Gasteiger partial charge in [-0.15, -0.1) is 11.3 Å². The summed E-state index contributed by atoms with van der Waals surface area (Å²) in [6, 6.07) is 7.62. The molecule has 140 valence electrons. The number of nitrogens with zero attached hydrogens (tertiary/aromatic N) is 3. The van der Waals surface area contributed by atoms with Gasteiger partial charge in [-0.25, -0.2) is 10.4 Å². The fraction of sp³-hybridized carbons (Fsp3) is 0.368. The van der Waals surface area contributed by atoms with Crippen molar-refractivity contribution in [3.63, 3.8) is 0 Å². The Morgan fingerprint density at radius 3 is 2.81 bits per heavy atom. The molecule has 2 amide bonds. The van der Waals surface area contributed by atoms with Gasteiger partial charge in [0, 0.05) is 43.2 Å². The van der Waals surface area contributed by atoms with Crippen molar-refractivity contribution >= 4 is 39.7 Å². The number of rotatable bonds is 4. The number of anilines is 2. The molecule has 4 rings (SSSR count). The van der Waals surface area contributed by atoms with Gasteiger partial charge >= 0.3 is 0 Å². The molecule has 0 saturated carbocycles. The summed E-state index contributed by atoms with van der Waals surface area (Å²) < 4.78 is 0. The van der Waals surface area contributed by atoms with Crippen LogP contribution in [0, 0.1) is 5.92 Å². The standard InChI is InChI=1S/C19H21N5O2S/c25-17-8-7-16(22-23-17)13-3-5-15(6-4-13)21-18(26)14-2-1-10-24(12-14)19-20-9-11-27-19/h3-6,9,11,14H,1-2,7-8,10,12H2,(H,21,26)(H,23,25). The average molecular weight is 383 g/mol. The zero-order valence-corrected chi connectivity index (χ0v) is 15.7. The highest BCUT2D eigenvalue weighted by molar-refractivity contribution is 7.13. The van der Waals surface area contributed by atoms with Crippen molar-refractivity contribution in [3.8, 4) is 0 Å². The van der Waals surface area contributed by atoms with Gasteiger partial charge in [0.1, 0.15) is 0 Å². The lowest BCUT2D eigenvalue weighted by Gasteiger charge is -2.31. The lowest BCUT2D eigenvalue weighted by atomic mass is 9.97. The van der Waals surface area contributed by atoms with Gasteiger partial charge in [-0.1, -0.05) is 12.1 Å². The number of benzene rings is 1. The Hall–Kier alpha value is -2.74. The number of nitrogens with one attached hydrogen (secondary N) is 2. The Morgan fingerprint density at radius 2 is 2.11 bits per heavy atom. The molecule has 0 radical (unpaired) electrons. The molecule has 1 saturated heterocycles. The number of piperidine rings is 1. The van der Waals surface area contributed by atoms with Crippen molar-refractivity contribution in [2.75, 3.05) is 23.3 Å². The Labute approximate surface area is 161 Å².